The molecule has 0 amide bonds. The van der Waals surface area contributed by atoms with Crippen molar-refractivity contribution in [3.05, 3.63) is 283 Å². The molecule has 10 heterocycles. The average Bonchev–Trinajstić information content (AvgIpc) is 1.76. The molecule has 13 rings (SSSR count). The van der Waals surface area contributed by atoms with Crippen LogP contribution < -0.4 is 56.2 Å². The van der Waals surface area contributed by atoms with Gasteiger partial charge in [-0.25, -0.2) is 37.7 Å². The third-order valence-electron chi connectivity index (χ3n) is 20.5. The van der Waals surface area contributed by atoms with E-state index >= 15 is 0 Å². The first-order valence-electron chi connectivity index (χ1n) is 38.6. The molecule has 5 aliphatic rings. The molecule has 0 saturated carbocycles. The summed E-state index contributed by atoms with van der Waals surface area (Å²) in [5.41, 5.74) is -4.71. The number of phosphoric acid groups is 3. The minimum Gasteiger partial charge on any atom is -0.394 e. The number of hydrogen-bond donors (Lipinski definition) is 13. The first-order valence-corrected chi connectivity index (χ1v) is 43.1. The summed E-state index contributed by atoms with van der Waals surface area (Å²) in [6, 6.07) is 17.3. The fourth-order valence-electron chi connectivity index (χ4n) is 14.0. The molecule has 5 aromatic heterocycles. The fourth-order valence-corrected chi connectivity index (χ4v) is 17.0. The van der Waals surface area contributed by atoms with Crippen LogP contribution in [0.4, 0.5) is 17.1 Å². The summed E-state index contributed by atoms with van der Waals surface area (Å²) in [4.78, 5) is 194. The minimum absolute atomic E-state index is 0.0444. The Hall–Kier alpha value is -10.8. The van der Waals surface area contributed by atoms with Crippen LogP contribution in [-0.2, 0) is 70.2 Å². The number of hydrogen-bond acceptors (Lipinski definition) is 34. The van der Waals surface area contributed by atoms with Crippen LogP contribution in [0.5, 0.6) is 0 Å². The normalized spacial score (nSPS) is 24.0. The van der Waals surface area contributed by atoms with Gasteiger partial charge in [0, 0.05) is 126 Å². The van der Waals surface area contributed by atoms with E-state index in [-0.39, 0.29) is 102 Å². The lowest BCUT2D eigenvalue weighted by Crippen LogP contribution is -2.42. The van der Waals surface area contributed by atoms with Crippen molar-refractivity contribution in [2.45, 2.75) is 205 Å². The Labute approximate surface area is 712 Å². The Morgan fingerprint density at radius 1 is 0.402 bits per heavy atom. The third-order valence-corrected chi connectivity index (χ3v) is 24.3. The van der Waals surface area contributed by atoms with E-state index in [1.165, 1.54) is 118 Å². The fraction of sp³-hybridized carbons (Fsp3) is 0.479. The highest BCUT2D eigenvalue weighted by Crippen LogP contribution is 2.66. The summed E-state index contributed by atoms with van der Waals surface area (Å²) in [7, 11) is -16.8. The molecule has 0 bridgehead atoms. The number of nitrogens with one attached hydrogen (secondary N) is 2. The van der Waals surface area contributed by atoms with Gasteiger partial charge in [-0.3, -0.25) is 105 Å². The molecule has 127 heavy (non-hydrogen) atoms. The maximum Gasteiger partial charge on any atom is 0.490 e. The van der Waals surface area contributed by atoms with Crippen molar-refractivity contribution in [2.24, 2.45) is 0 Å². The number of rotatable bonds is 25. The highest BCUT2D eigenvalue weighted by atomic mass is 31.3. The summed E-state index contributed by atoms with van der Waals surface area (Å²) in [6.45, 7) is 8.81. The van der Waals surface area contributed by atoms with E-state index in [0.29, 0.717) is 36.0 Å². The van der Waals surface area contributed by atoms with Gasteiger partial charge in [0.25, 0.3) is 44.9 Å². The molecule has 0 spiro atoms. The van der Waals surface area contributed by atoms with E-state index in [2.05, 4.69) is 23.1 Å². The van der Waals surface area contributed by atoms with Crippen LogP contribution >= 0.6 is 23.5 Å². The van der Waals surface area contributed by atoms with Gasteiger partial charge in [0.2, 0.25) is 0 Å². The highest BCUT2D eigenvalue weighted by molar-refractivity contribution is 7.66. The van der Waals surface area contributed by atoms with Crippen molar-refractivity contribution in [3.63, 3.8) is 0 Å². The van der Waals surface area contributed by atoms with E-state index < -0.39 is 194 Å². The lowest BCUT2D eigenvalue weighted by Gasteiger charge is -2.20. The first kappa shape index (κ1) is 100.0. The summed E-state index contributed by atoms with van der Waals surface area (Å²) >= 11 is 0. The molecule has 51 nitrogen and oxygen atoms in total. The predicted octanol–water partition coefficient (Wildman–Crippen LogP) is -0.0953. The second-order valence-electron chi connectivity index (χ2n) is 29.5. The van der Waals surface area contributed by atoms with E-state index in [1.807, 2.05) is 13.8 Å². The molecule has 8 aromatic rings. The number of aromatic nitrogens is 10. The number of nitro benzene ring substituents is 3. The second-order valence-corrected chi connectivity index (χ2v) is 33.9. The monoisotopic (exact) mass is 1850 g/mol. The quantitative estimate of drug-likeness (QED) is 0.0202. The lowest BCUT2D eigenvalue weighted by atomic mass is 10.1. The zero-order valence-corrected chi connectivity index (χ0v) is 71.1. The van der Waals surface area contributed by atoms with Gasteiger partial charge in [-0.1, -0.05) is 68.4 Å². The van der Waals surface area contributed by atoms with Gasteiger partial charge in [-0.05, 0) is 47.5 Å². The van der Waals surface area contributed by atoms with Crippen molar-refractivity contribution < 1.29 is 121 Å². The van der Waals surface area contributed by atoms with Gasteiger partial charge in [-0.2, -0.15) is 8.62 Å². The molecule has 17 atom stereocenters. The molecule has 13 N–H and O–H groups in total. The molecule has 5 saturated heterocycles. The highest BCUT2D eigenvalue weighted by Gasteiger charge is 2.45. The molecule has 0 radical (unpaired) electrons. The Bertz CT molecular complexity index is 5920. The van der Waals surface area contributed by atoms with Crippen molar-refractivity contribution in [1.29, 1.82) is 0 Å². The van der Waals surface area contributed by atoms with Crippen LogP contribution in [0, 0.1) is 65.0 Å². The zero-order valence-electron chi connectivity index (χ0n) is 68.4. The van der Waals surface area contributed by atoms with Crippen LogP contribution in [0.15, 0.2) is 152 Å². The third kappa shape index (κ3) is 24.7. The molecule has 2 unspecified atom stereocenters. The number of aliphatic hydroxyl groups excluding tert-OH is 7. The van der Waals surface area contributed by atoms with E-state index in [9.17, 15) is 132 Å². The summed E-state index contributed by atoms with van der Waals surface area (Å²) < 4.78 is 81.9. The molecule has 0 aliphatic carbocycles. The number of aromatic amines is 2. The van der Waals surface area contributed by atoms with Gasteiger partial charge >= 0.3 is 51.9 Å². The van der Waals surface area contributed by atoms with Crippen molar-refractivity contribution in [3.8, 4) is 0 Å². The smallest absolute Gasteiger partial charge is 0.394 e. The number of aryl methyl sites for hydroxylation is 5. The maximum atomic E-state index is 13.1. The van der Waals surface area contributed by atoms with Gasteiger partial charge in [0.15, 0.2) is 0 Å². The van der Waals surface area contributed by atoms with Gasteiger partial charge in [0.05, 0.1) is 97.0 Å². The number of nitrogens with zero attached hydrogens (tertiary/aromatic N) is 11. The summed E-state index contributed by atoms with van der Waals surface area (Å²) in [6.07, 6.45) is -3.37. The second kappa shape index (κ2) is 42.4. The zero-order chi connectivity index (χ0) is 93.9. The Morgan fingerprint density at radius 2 is 0.669 bits per heavy atom. The predicted molar refractivity (Wildman–Crippen MR) is 435 cm³/mol. The number of H-pyrrole nitrogens is 2. The van der Waals surface area contributed by atoms with Gasteiger partial charge in [0.1, 0.15) is 49.5 Å². The van der Waals surface area contributed by atoms with Crippen LogP contribution in [-0.4, -0.2) is 197 Å². The summed E-state index contributed by atoms with van der Waals surface area (Å²) in [5.74, 6) is 0. The topological polar surface area (TPSA) is 719 Å². The largest absolute Gasteiger partial charge is 0.490 e. The number of ether oxygens (including phenoxy) is 5. The lowest BCUT2D eigenvalue weighted by molar-refractivity contribution is -0.385. The number of phosphoric ester groups is 1. The average molecular weight is 1850 g/mol. The van der Waals surface area contributed by atoms with Gasteiger partial charge in [-0.15, -0.1) is 0 Å². The molecule has 692 valence electrons. The molecule has 54 heteroatoms. The number of para-hydroxylation sites is 3. The minimum atomic E-state index is -5.76. The Kier molecular flexibility index (Phi) is 33.4. The maximum absolute atomic E-state index is 13.1. The number of aliphatic hydroxyl groups is 7. The molecule has 5 aliphatic heterocycles. The van der Waals surface area contributed by atoms with Gasteiger partial charge < -0.3 is 79.0 Å². The number of benzene rings is 3. The van der Waals surface area contributed by atoms with E-state index in [0.717, 1.165) is 24.5 Å². The van der Waals surface area contributed by atoms with Crippen LogP contribution in [0.25, 0.3) is 0 Å². The van der Waals surface area contributed by atoms with E-state index in [4.69, 9.17) is 38.6 Å². The first-order chi connectivity index (χ1) is 59.6. The van der Waals surface area contributed by atoms with Crippen LogP contribution in [0.1, 0.15) is 134 Å². The Balaban J connectivity index is 0.000000185. The molecule has 5 fully saturated rings. The molecular formula is C73H92N13O38P3. The Morgan fingerprint density at radius 3 is 0.945 bits per heavy atom. The van der Waals surface area contributed by atoms with Crippen molar-refractivity contribution in [1.82, 2.24) is 46.5 Å². The standard InChI is InChI=1S/C18H21N3O6.C17H22N3O16P3.C17H19N3O7.C11H16N2O4.C10H14N2O5/c1-3-15-14(22)8-16(27-15)19-9-11(2)17(23)20(18(19)24)10-12-6-4-5-7-13(12)21(25)26;1-10-7-18(17(23)19(16(10)22)8-11-4-2-3-5-12(11)20(24)25)15-6-13(21)14(34-15)9-33-38(29,30)36-39(31,32)35-37(26,27)28;1-10-7-18(15-6-13(22)14(9-21)27-15)17(24)19(16(10)23)8-11-4-2-3-5-12(11)20(25)26;1-3-8-7(14)4-9(17-8)13-5-6(2)10(15)12-11(13)16;1-5-3-12(10(16)11-9(5)15)8-2-6(14)7(4-13)17-8/h4-7,9,14-16,22H,3,8,10H2,1-2H3;2-5,7,13-15,21H,6,8-9H2,1H3,(H,29,30)(H,31,32)(H2,26,27,28);2-5,7,13-15,21-22H,6,8-9H2,1H3;5,7-9,14H,3-4H2,1-2H3,(H,12,15,16);3,6-8,13-14H,2,4H2,1H3,(H,11,15,16)/t14-,15-,16-;2*13-,14-,15-;7-,8-,9-;6-,7-,8-/m11111/s1. The summed E-state index contributed by atoms with van der Waals surface area (Å²) in [5, 5.41) is 101. The SMILES string of the molecule is CC[C@H]1O[C@@H](n2cc(C)c(=O)[nH]c2=O)C[C@H]1O.CC[C@H]1O[C@@H](n2cc(C)c(=O)n(Cc3ccccc3[N+](=O)[O-])c2=O)C[C@H]1O.Cc1cn([C@H]2C[C@@H](O)[C@@H](CO)O2)c(=O)[nH]c1=O.Cc1cn([C@H]2C[C@@H](O)[C@@H](CO)O2)c(=O)n(Cc2ccccc2[N+](=O)[O-])c1=O.Cc1cn([C@H]2C[C@@H](O)[C@@H](COP(=O)(O)OP(=O)(O)OP(=O)(O)O)O2)c(=O)n(Cc2ccccc2[N+](=O)[O-])c1=O. The van der Waals surface area contributed by atoms with Crippen molar-refractivity contribution >= 4 is 40.5 Å². The van der Waals surface area contributed by atoms with E-state index in [1.54, 1.807) is 32.9 Å². The van der Waals surface area contributed by atoms with Crippen LogP contribution in [0.3, 0.4) is 0 Å². The molecular weight excluding hydrogens is 1760 g/mol. The molecule has 3 aromatic carbocycles. The van der Waals surface area contributed by atoms with Crippen LogP contribution in [0.2, 0.25) is 0 Å². The van der Waals surface area contributed by atoms with Crippen molar-refractivity contribution in [2.75, 3.05) is 19.8 Å². The number of nitro groups is 3.